The van der Waals surface area contributed by atoms with Crippen molar-refractivity contribution in [2.24, 2.45) is 0 Å². The van der Waals surface area contributed by atoms with E-state index in [2.05, 4.69) is 55.3 Å². The SMILES string of the molecule is CCc1cc2[nH]c(CNc3cc[nH+]cc3)nc2cc1Br. The fourth-order valence-electron chi connectivity index (χ4n) is 2.17. The molecule has 0 saturated heterocycles. The van der Waals surface area contributed by atoms with E-state index in [0.717, 1.165) is 33.4 Å². The molecule has 0 radical (unpaired) electrons. The standard InChI is InChI=1S/C15H15BrN4/c1-2-10-7-13-14(8-12(10)16)20-15(19-13)9-18-11-3-5-17-6-4-11/h3-8H,2,9H2,1H3,(H,17,18)(H,19,20)/p+1. The third-order valence-electron chi connectivity index (χ3n) is 3.26. The molecule has 1 aromatic carbocycles. The van der Waals surface area contributed by atoms with E-state index < -0.39 is 0 Å². The van der Waals surface area contributed by atoms with Crippen LogP contribution in [0.2, 0.25) is 0 Å². The highest BCUT2D eigenvalue weighted by Gasteiger charge is 2.06. The van der Waals surface area contributed by atoms with Crippen LogP contribution >= 0.6 is 15.9 Å². The number of hydrogen-bond acceptors (Lipinski definition) is 2. The summed E-state index contributed by atoms with van der Waals surface area (Å²) in [6.07, 6.45) is 4.79. The zero-order valence-corrected chi connectivity index (χ0v) is 12.8. The summed E-state index contributed by atoms with van der Waals surface area (Å²) in [4.78, 5) is 11.0. The molecule has 0 bridgehead atoms. The molecule has 5 heteroatoms. The van der Waals surface area contributed by atoms with Gasteiger partial charge in [-0.05, 0) is 24.1 Å². The summed E-state index contributed by atoms with van der Waals surface area (Å²) < 4.78 is 1.12. The van der Waals surface area contributed by atoms with E-state index in [0.29, 0.717) is 6.54 Å². The van der Waals surface area contributed by atoms with Crippen LogP contribution in [0.25, 0.3) is 11.0 Å². The predicted octanol–water partition coefficient (Wildman–Crippen LogP) is 3.31. The average Bonchev–Trinajstić information content (AvgIpc) is 2.87. The molecule has 0 aliphatic heterocycles. The highest BCUT2D eigenvalue weighted by Crippen LogP contribution is 2.23. The Kier molecular flexibility index (Phi) is 3.69. The lowest BCUT2D eigenvalue weighted by molar-refractivity contribution is -0.377. The van der Waals surface area contributed by atoms with Crippen molar-refractivity contribution in [3.05, 3.63) is 52.5 Å². The number of nitrogens with one attached hydrogen (secondary N) is 3. The molecule has 0 atom stereocenters. The lowest BCUT2D eigenvalue weighted by atomic mass is 10.1. The van der Waals surface area contributed by atoms with Crippen molar-refractivity contribution in [3.8, 4) is 0 Å². The molecule has 2 aromatic heterocycles. The van der Waals surface area contributed by atoms with E-state index in [4.69, 9.17) is 0 Å². The topological polar surface area (TPSA) is 54.9 Å². The maximum Gasteiger partial charge on any atom is 0.169 e. The van der Waals surface area contributed by atoms with E-state index in [-0.39, 0.29) is 0 Å². The summed E-state index contributed by atoms with van der Waals surface area (Å²) in [5.74, 6) is 0.938. The minimum atomic E-state index is 0.678. The first-order valence-electron chi connectivity index (χ1n) is 6.63. The van der Waals surface area contributed by atoms with Crippen LogP contribution in [0.3, 0.4) is 0 Å². The minimum absolute atomic E-state index is 0.678. The molecule has 0 saturated carbocycles. The Morgan fingerprint density at radius 2 is 2.10 bits per heavy atom. The van der Waals surface area contributed by atoms with Gasteiger partial charge in [0.1, 0.15) is 5.82 Å². The van der Waals surface area contributed by atoms with E-state index in [1.807, 2.05) is 24.5 Å². The van der Waals surface area contributed by atoms with Gasteiger partial charge in [-0.1, -0.05) is 22.9 Å². The monoisotopic (exact) mass is 331 g/mol. The highest BCUT2D eigenvalue weighted by molar-refractivity contribution is 9.10. The van der Waals surface area contributed by atoms with Gasteiger partial charge in [-0.25, -0.2) is 9.97 Å². The molecular weight excluding hydrogens is 316 g/mol. The first kappa shape index (κ1) is 13.1. The first-order chi connectivity index (χ1) is 9.76. The molecule has 4 nitrogen and oxygen atoms in total. The van der Waals surface area contributed by atoms with Gasteiger partial charge in [0.15, 0.2) is 12.4 Å². The molecule has 0 unspecified atom stereocenters. The quantitative estimate of drug-likeness (QED) is 0.770. The van der Waals surface area contributed by atoms with Crippen molar-refractivity contribution in [1.82, 2.24) is 9.97 Å². The van der Waals surface area contributed by atoms with Gasteiger partial charge >= 0.3 is 0 Å². The maximum absolute atomic E-state index is 4.61. The van der Waals surface area contributed by atoms with Crippen LogP contribution in [-0.2, 0) is 13.0 Å². The van der Waals surface area contributed by atoms with Crippen LogP contribution in [0, 0.1) is 0 Å². The van der Waals surface area contributed by atoms with Gasteiger partial charge in [-0.2, -0.15) is 0 Å². The smallest absolute Gasteiger partial charge is 0.169 e. The van der Waals surface area contributed by atoms with E-state index >= 15 is 0 Å². The number of halogens is 1. The molecule has 0 aliphatic rings. The molecular formula is C15H16BrN4+. The summed E-state index contributed by atoms with van der Waals surface area (Å²) in [5, 5.41) is 3.34. The number of rotatable bonds is 4. The zero-order valence-electron chi connectivity index (χ0n) is 11.2. The fourth-order valence-corrected chi connectivity index (χ4v) is 2.79. The van der Waals surface area contributed by atoms with Crippen LogP contribution in [-0.4, -0.2) is 9.97 Å². The van der Waals surface area contributed by atoms with Crippen LogP contribution in [0.4, 0.5) is 5.69 Å². The normalized spacial score (nSPS) is 10.9. The molecule has 2 heterocycles. The number of aromatic nitrogens is 3. The van der Waals surface area contributed by atoms with E-state index in [1.165, 1.54) is 5.56 Å². The van der Waals surface area contributed by atoms with Crippen molar-refractivity contribution in [3.63, 3.8) is 0 Å². The van der Waals surface area contributed by atoms with Gasteiger partial charge in [0.2, 0.25) is 0 Å². The van der Waals surface area contributed by atoms with Gasteiger partial charge in [0, 0.05) is 22.3 Å². The Morgan fingerprint density at radius 3 is 2.85 bits per heavy atom. The Bertz CT molecular complexity index is 721. The first-order valence-corrected chi connectivity index (χ1v) is 7.42. The van der Waals surface area contributed by atoms with E-state index in [9.17, 15) is 0 Å². The molecule has 102 valence electrons. The lowest BCUT2D eigenvalue weighted by Gasteiger charge is -2.01. The molecule has 0 fully saturated rings. The lowest BCUT2D eigenvalue weighted by Crippen LogP contribution is -2.04. The van der Waals surface area contributed by atoms with Gasteiger partial charge < -0.3 is 10.3 Å². The van der Waals surface area contributed by atoms with Crippen molar-refractivity contribution in [1.29, 1.82) is 0 Å². The highest BCUT2D eigenvalue weighted by atomic mass is 79.9. The second-order valence-corrected chi connectivity index (χ2v) is 5.49. The number of pyridine rings is 1. The molecule has 0 amide bonds. The molecule has 3 N–H and O–H groups in total. The van der Waals surface area contributed by atoms with Crippen LogP contribution in [0.1, 0.15) is 18.3 Å². The summed E-state index contributed by atoms with van der Waals surface area (Å²) in [5.41, 5.74) is 4.44. The Labute approximate surface area is 125 Å². The van der Waals surface area contributed by atoms with Crippen molar-refractivity contribution >= 4 is 32.7 Å². The number of aryl methyl sites for hydroxylation is 1. The summed E-state index contributed by atoms with van der Waals surface area (Å²) >= 11 is 3.59. The largest absolute Gasteiger partial charge is 0.377 e. The average molecular weight is 332 g/mol. The molecule has 0 aliphatic carbocycles. The molecule has 3 rings (SSSR count). The summed E-state index contributed by atoms with van der Waals surface area (Å²) in [7, 11) is 0. The molecule has 20 heavy (non-hydrogen) atoms. The summed E-state index contributed by atoms with van der Waals surface area (Å²) in [6, 6.07) is 8.22. The number of aromatic amines is 2. The number of anilines is 1. The van der Waals surface area contributed by atoms with Crippen molar-refractivity contribution < 1.29 is 4.98 Å². The molecule has 3 aromatic rings. The third kappa shape index (κ3) is 2.67. The Hall–Kier alpha value is -1.88. The Morgan fingerprint density at radius 1 is 1.30 bits per heavy atom. The van der Waals surface area contributed by atoms with Crippen LogP contribution in [0.15, 0.2) is 41.1 Å². The van der Waals surface area contributed by atoms with Crippen molar-refractivity contribution in [2.75, 3.05) is 5.32 Å². The van der Waals surface area contributed by atoms with Gasteiger partial charge in [-0.3, -0.25) is 0 Å². The van der Waals surface area contributed by atoms with E-state index in [1.54, 1.807) is 0 Å². The number of fused-ring (bicyclic) bond motifs is 1. The number of nitrogens with zero attached hydrogens (tertiary/aromatic N) is 1. The minimum Gasteiger partial charge on any atom is -0.377 e. The maximum atomic E-state index is 4.61. The number of hydrogen-bond donors (Lipinski definition) is 2. The van der Waals surface area contributed by atoms with Crippen LogP contribution < -0.4 is 10.3 Å². The second kappa shape index (κ2) is 5.63. The number of H-pyrrole nitrogens is 2. The zero-order chi connectivity index (χ0) is 13.9. The van der Waals surface area contributed by atoms with Gasteiger partial charge in [0.05, 0.1) is 17.6 Å². The van der Waals surface area contributed by atoms with Crippen LogP contribution in [0.5, 0.6) is 0 Å². The molecule has 0 spiro atoms. The number of benzene rings is 1. The fraction of sp³-hybridized carbons (Fsp3) is 0.200. The second-order valence-electron chi connectivity index (χ2n) is 4.64. The van der Waals surface area contributed by atoms with Gasteiger partial charge in [-0.15, -0.1) is 0 Å². The Balaban J connectivity index is 1.82. The number of imidazole rings is 1. The summed E-state index contributed by atoms with van der Waals surface area (Å²) in [6.45, 7) is 2.83. The van der Waals surface area contributed by atoms with Crippen molar-refractivity contribution in [2.45, 2.75) is 19.9 Å². The third-order valence-corrected chi connectivity index (χ3v) is 4.00. The predicted molar refractivity (Wildman–Crippen MR) is 83.5 cm³/mol. The van der Waals surface area contributed by atoms with Gasteiger partial charge in [0.25, 0.3) is 0 Å².